The molecule has 192 valence electrons. The summed E-state index contributed by atoms with van der Waals surface area (Å²) in [6.07, 6.45) is 0.641. The molecule has 36 heavy (non-hydrogen) atoms. The maximum atomic E-state index is 13.1. The van der Waals surface area contributed by atoms with Crippen LogP contribution in [0.25, 0.3) is 0 Å². The molecule has 0 saturated carbocycles. The van der Waals surface area contributed by atoms with E-state index >= 15 is 0 Å². The number of hydrogen-bond donors (Lipinski definition) is 1. The van der Waals surface area contributed by atoms with Crippen LogP contribution in [-0.4, -0.2) is 67.0 Å². The van der Waals surface area contributed by atoms with E-state index in [1.807, 2.05) is 25.1 Å². The van der Waals surface area contributed by atoms with Crippen molar-refractivity contribution in [3.8, 4) is 11.5 Å². The van der Waals surface area contributed by atoms with Crippen molar-refractivity contribution >= 4 is 40.4 Å². The number of esters is 1. The first-order chi connectivity index (χ1) is 17.4. The number of carbonyl (C=O) groups is 3. The van der Waals surface area contributed by atoms with Crippen LogP contribution in [0, 0.1) is 0 Å². The molecule has 1 fully saturated rings. The maximum absolute atomic E-state index is 13.1. The third-order valence-electron chi connectivity index (χ3n) is 5.46. The first kappa shape index (κ1) is 27.1. The highest BCUT2D eigenvalue weighted by atomic mass is 32.2. The van der Waals surface area contributed by atoms with E-state index in [1.54, 1.807) is 50.3 Å². The zero-order valence-corrected chi connectivity index (χ0v) is 21.7. The minimum absolute atomic E-state index is 0.0866. The number of aliphatic imine (C=N–C) groups is 1. The lowest BCUT2D eigenvalue weighted by Gasteiger charge is -2.31. The molecule has 2 aromatic rings. The van der Waals surface area contributed by atoms with Crippen molar-refractivity contribution in [2.24, 2.45) is 4.99 Å². The predicted molar refractivity (Wildman–Crippen MR) is 139 cm³/mol. The first-order valence-electron chi connectivity index (χ1n) is 11.7. The number of thioether (sulfide) groups is 1. The van der Waals surface area contributed by atoms with Gasteiger partial charge in [-0.2, -0.15) is 0 Å². The second-order valence-corrected chi connectivity index (χ2v) is 9.02. The molecular formula is C26H31N3O6S. The number of amidine groups is 1. The van der Waals surface area contributed by atoms with Crippen LogP contribution in [-0.2, 0) is 20.7 Å². The lowest BCUT2D eigenvalue weighted by molar-refractivity contribution is -0.130. The minimum atomic E-state index is -0.563. The standard InChI is InChI=1S/C26H31N3O6S/c1-5-27-24(31)22-16-23(30)29(14-13-17-7-12-20(33-3)21(15-17)34-4)26(36-22)28-19-10-8-18(9-11-19)25(32)35-6-2/h7-12,15,22H,5-6,13-14,16H2,1-4H3,(H,27,31). The molecule has 1 heterocycles. The Labute approximate surface area is 215 Å². The van der Waals surface area contributed by atoms with Crippen molar-refractivity contribution < 1.29 is 28.6 Å². The molecule has 0 radical (unpaired) electrons. The van der Waals surface area contributed by atoms with E-state index in [2.05, 4.69) is 10.3 Å². The fourth-order valence-electron chi connectivity index (χ4n) is 3.62. The molecule has 10 heteroatoms. The summed E-state index contributed by atoms with van der Waals surface area (Å²) in [7, 11) is 3.15. The maximum Gasteiger partial charge on any atom is 0.338 e. The molecule has 0 aromatic heterocycles. The van der Waals surface area contributed by atoms with Gasteiger partial charge in [0.05, 0.1) is 37.3 Å². The van der Waals surface area contributed by atoms with Gasteiger partial charge in [-0.1, -0.05) is 17.8 Å². The number of ether oxygens (including phenoxy) is 3. The van der Waals surface area contributed by atoms with Crippen LogP contribution in [0.3, 0.4) is 0 Å². The number of hydrogen-bond acceptors (Lipinski definition) is 8. The second-order valence-electron chi connectivity index (χ2n) is 7.85. The van der Waals surface area contributed by atoms with Gasteiger partial charge in [0.2, 0.25) is 11.8 Å². The fourth-order valence-corrected chi connectivity index (χ4v) is 4.77. The SMILES string of the molecule is CCNC(=O)C1CC(=O)N(CCc2ccc(OC)c(OC)c2)C(=Nc2ccc(C(=O)OCC)cc2)S1. The molecule has 0 bridgehead atoms. The van der Waals surface area contributed by atoms with Gasteiger partial charge in [0.25, 0.3) is 0 Å². The van der Waals surface area contributed by atoms with Gasteiger partial charge >= 0.3 is 5.97 Å². The van der Waals surface area contributed by atoms with Gasteiger partial charge in [-0.3, -0.25) is 14.5 Å². The molecular weight excluding hydrogens is 482 g/mol. The Morgan fingerprint density at radius 1 is 1.08 bits per heavy atom. The van der Waals surface area contributed by atoms with Crippen LogP contribution in [0.2, 0.25) is 0 Å². The summed E-state index contributed by atoms with van der Waals surface area (Å²) in [5, 5.41) is 2.66. The molecule has 1 unspecified atom stereocenters. The van der Waals surface area contributed by atoms with Crippen LogP contribution in [0.15, 0.2) is 47.5 Å². The summed E-state index contributed by atoms with van der Waals surface area (Å²) in [6.45, 7) is 4.73. The van der Waals surface area contributed by atoms with E-state index in [-0.39, 0.29) is 24.8 Å². The average Bonchev–Trinajstić information content (AvgIpc) is 2.88. The molecule has 0 aliphatic carbocycles. The molecule has 9 nitrogen and oxygen atoms in total. The van der Waals surface area contributed by atoms with E-state index in [0.717, 1.165) is 5.56 Å². The van der Waals surface area contributed by atoms with E-state index in [4.69, 9.17) is 14.2 Å². The molecule has 2 amide bonds. The number of methoxy groups -OCH3 is 2. The molecule has 2 aromatic carbocycles. The van der Waals surface area contributed by atoms with Crippen molar-refractivity contribution in [3.63, 3.8) is 0 Å². The summed E-state index contributed by atoms with van der Waals surface area (Å²) >= 11 is 1.26. The number of nitrogens with zero attached hydrogens (tertiary/aromatic N) is 2. The van der Waals surface area contributed by atoms with Gasteiger partial charge in [-0.25, -0.2) is 9.79 Å². The number of rotatable bonds is 10. The van der Waals surface area contributed by atoms with E-state index < -0.39 is 11.2 Å². The quantitative estimate of drug-likeness (QED) is 0.484. The Kier molecular flexibility index (Phi) is 9.75. The summed E-state index contributed by atoms with van der Waals surface area (Å²) in [5.74, 6) is 0.463. The topological polar surface area (TPSA) is 107 Å². The second kappa shape index (κ2) is 13.0. The number of nitrogens with one attached hydrogen (secondary N) is 1. The smallest absolute Gasteiger partial charge is 0.338 e. The molecule has 1 N–H and O–H groups in total. The van der Waals surface area contributed by atoms with Crippen LogP contribution in [0.1, 0.15) is 36.2 Å². The highest BCUT2D eigenvalue weighted by molar-refractivity contribution is 8.15. The third-order valence-corrected chi connectivity index (χ3v) is 6.65. The molecule has 1 aliphatic rings. The van der Waals surface area contributed by atoms with Crippen molar-refractivity contribution in [1.29, 1.82) is 0 Å². The summed E-state index contributed by atoms with van der Waals surface area (Å²) in [5.41, 5.74) is 1.94. The third kappa shape index (κ3) is 6.78. The average molecular weight is 514 g/mol. The summed E-state index contributed by atoms with van der Waals surface area (Å²) in [6, 6.07) is 12.3. The lowest BCUT2D eigenvalue weighted by atomic mass is 10.1. The monoisotopic (exact) mass is 513 g/mol. The van der Waals surface area contributed by atoms with Crippen molar-refractivity contribution in [2.45, 2.75) is 31.9 Å². The van der Waals surface area contributed by atoms with Gasteiger partial charge in [-0.15, -0.1) is 0 Å². The predicted octanol–water partition coefficient (Wildman–Crippen LogP) is 3.58. The number of amides is 2. The van der Waals surface area contributed by atoms with Gasteiger partial charge in [-0.05, 0) is 62.2 Å². The largest absolute Gasteiger partial charge is 0.493 e. The van der Waals surface area contributed by atoms with Crippen LogP contribution >= 0.6 is 11.8 Å². The lowest BCUT2D eigenvalue weighted by Crippen LogP contribution is -2.47. The van der Waals surface area contributed by atoms with Crippen molar-refractivity contribution in [2.75, 3.05) is 33.9 Å². The molecule has 1 saturated heterocycles. The molecule has 1 aliphatic heterocycles. The molecule has 0 spiro atoms. The van der Waals surface area contributed by atoms with E-state index in [0.29, 0.717) is 47.4 Å². The minimum Gasteiger partial charge on any atom is -0.493 e. The zero-order chi connectivity index (χ0) is 26.1. The normalized spacial score (nSPS) is 16.6. The zero-order valence-electron chi connectivity index (χ0n) is 20.9. The number of carbonyl (C=O) groups excluding carboxylic acids is 3. The molecule has 3 rings (SSSR count). The first-order valence-corrected chi connectivity index (χ1v) is 12.6. The van der Waals surface area contributed by atoms with Gasteiger partial charge in [0.15, 0.2) is 16.7 Å². The Bertz CT molecular complexity index is 1120. The van der Waals surface area contributed by atoms with Crippen LogP contribution < -0.4 is 14.8 Å². The Morgan fingerprint density at radius 2 is 1.81 bits per heavy atom. The molecule has 1 atom stereocenters. The fraction of sp³-hybridized carbons (Fsp3) is 0.385. The Balaban J connectivity index is 1.85. The highest BCUT2D eigenvalue weighted by Gasteiger charge is 2.35. The summed E-state index contributed by atoms with van der Waals surface area (Å²) < 4.78 is 15.7. The van der Waals surface area contributed by atoms with Gasteiger partial charge in [0, 0.05) is 19.5 Å². The van der Waals surface area contributed by atoms with Crippen molar-refractivity contribution in [3.05, 3.63) is 53.6 Å². The van der Waals surface area contributed by atoms with E-state index in [9.17, 15) is 14.4 Å². The highest BCUT2D eigenvalue weighted by Crippen LogP contribution is 2.31. The van der Waals surface area contributed by atoms with Gasteiger partial charge in [0.1, 0.15) is 0 Å². The van der Waals surface area contributed by atoms with Gasteiger partial charge < -0.3 is 19.5 Å². The van der Waals surface area contributed by atoms with Crippen LogP contribution in [0.5, 0.6) is 11.5 Å². The van der Waals surface area contributed by atoms with Crippen LogP contribution in [0.4, 0.5) is 5.69 Å². The Hall–Kier alpha value is -3.53. The summed E-state index contributed by atoms with van der Waals surface area (Å²) in [4.78, 5) is 43.9. The van der Waals surface area contributed by atoms with E-state index in [1.165, 1.54) is 11.8 Å². The Morgan fingerprint density at radius 3 is 2.44 bits per heavy atom. The number of benzene rings is 2. The van der Waals surface area contributed by atoms with Crippen molar-refractivity contribution in [1.82, 2.24) is 10.2 Å².